The first kappa shape index (κ1) is 15.7. The predicted octanol–water partition coefficient (Wildman–Crippen LogP) is 1.46. The van der Waals surface area contributed by atoms with Crippen LogP contribution in [0.4, 0.5) is 0 Å². The molecule has 5 heteroatoms. The molecule has 0 saturated heterocycles. The Morgan fingerprint density at radius 3 is 2.53 bits per heavy atom. The van der Waals surface area contributed by atoms with Crippen molar-refractivity contribution in [3.63, 3.8) is 0 Å². The second kappa shape index (κ2) is 7.10. The summed E-state index contributed by atoms with van der Waals surface area (Å²) < 4.78 is 1.56. The monoisotopic (exact) mass is 302 g/mol. The van der Waals surface area contributed by atoms with Crippen LogP contribution in [0.25, 0.3) is 11.0 Å². The van der Waals surface area contributed by atoms with Gasteiger partial charge in [-0.15, -0.1) is 6.07 Å². The molecule has 0 aliphatic heterocycles. The third-order valence-corrected chi connectivity index (χ3v) is 2.05. The van der Waals surface area contributed by atoms with Crippen molar-refractivity contribution >= 4 is 11.0 Å². The number of aryl methyl sites for hydroxylation is 1. The molecule has 0 aliphatic rings. The van der Waals surface area contributed by atoms with E-state index in [1.807, 2.05) is 24.3 Å². The predicted molar refractivity (Wildman–Crippen MR) is 62.4 cm³/mol. The summed E-state index contributed by atoms with van der Waals surface area (Å²) in [7, 11) is 1.72. The van der Waals surface area contributed by atoms with Crippen LogP contribution in [0, 0.1) is 25.2 Å². The van der Waals surface area contributed by atoms with Gasteiger partial charge >= 0.3 is 0 Å². The zero-order valence-corrected chi connectivity index (χ0v) is 12.4. The largest absolute Gasteiger partial charge is 0.387 e. The Morgan fingerprint density at radius 1 is 1.41 bits per heavy atom. The van der Waals surface area contributed by atoms with Gasteiger partial charge in [0.1, 0.15) is 5.56 Å². The van der Waals surface area contributed by atoms with Crippen molar-refractivity contribution in [2.45, 2.75) is 0 Å². The van der Waals surface area contributed by atoms with E-state index in [2.05, 4.69) is 18.8 Å². The number of nitrogens with zero attached hydrogens (tertiary/aromatic N) is 3. The van der Waals surface area contributed by atoms with Crippen molar-refractivity contribution in [2.24, 2.45) is 7.05 Å². The van der Waals surface area contributed by atoms with Crippen LogP contribution in [-0.4, -0.2) is 9.55 Å². The first-order valence-electron chi connectivity index (χ1n) is 4.55. The summed E-state index contributed by atoms with van der Waals surface area (Å²) in [5, 5.41) is 7.21. The number of nitriles is 1. The molecule has 0 bridgehead atoms. The molecule has 1 aromatic heterocycles. The van der Waals surface area contributed by atoms with Crippen molar-refractivity contribution in [3.05, 3.63) is 54.2 Å². The van der Waals surface area contributed by atoms with E-state index in [1.54, 1.807) is 11.6 Å². The maximum Gasteiger partial charge on any atom is 0.117 e. The molecule has 0 N–H and O–H groups in total. The summed E-state index contributed by atoms with van der Waals surface area (Å²) in [4.78, 5) is 15.5. The molecule has 0 unspecified atom stereocenters. The van der Waals surface area contributed by atoms with Gasteiger partial charge < -0.3 is 16.3 Å². The van der Waals surface area contributed by atoms with Crippen LogP contribution in [0.3, 0.4) is 0 Å². The zero-order chi connectivity index (χ0) is 12.1. The van der Waals surface area contributed by atoms with Crippen molar-refractivity contribution in [3.8, 4) is 6.07 Å². The smallest absolute Gasteiger partial charge is 0.117 e. The number of rotatable bonds is 0. The normalized spacial score (nSPS) is 8.47. The first-order chi connectivity index (χ1) is 7.61. The van der Waals surface area contributed by atoms with Crippen LogP contribution in [0.2, 0.25) is 0 Å². The van der Waals surface area contributed by atoms with E-state index in [0.717, 1.165) is 11.0 Å². The van der Waals surface area contributed by atoms with E-state index in [-0.39, 0.29) is 38.3 Å². The molecule has 0 saturated carbocycles. The molecule has 1 heterocycles. The third kappa shape index (κ3) is 3.59. The second-order valence-electron chi connectivity index (χ2n) is 3.07. The maximum atomic E-state index is 11.4. The van der Waals surface area contributed by atoms with Crippen LogP contribution >= 0.6 is 0 Å². The van der Waals surface area contributed by atoms with Gasteiger partial charge in [0, 0.05) is 32.7 Å². The molecule has 4 nitrogen and oxygen atoms in total. The average Bonchev–Trinajstić information content (AvgIpc) is 2.27. The number of hydrogen-bond acceptors (Lipinski definition) is 3. The van der Waals surface area contributed by atoms with Crippen molar-refractivity contribution in [2.75, 3.05) is 0 Å². The molecule has 85 valence electrons. The third-order valence-electron chi connectivity index (χ3n) is 2.05. The first-order valence-corrected chi connectivity index (χ1v) is 4.55. The zero-order valence-electron chi connectivity index (χ0n) is 9.55. The van der Waals surface area contributed by atoms with E-state index in [0.29, 0.717) is 5.69 Å². The molecule has 0 atom stereocenters. The Morgan fingerprint density at radius 2 is 1.94 bits per heavy atom. The summed E-state index contributed by atoms with van der Waals surface area (Å²) in [5.41, 5.74) is 1.79. The Hall–Kier alpha value is -1.31. The fraction of sp³-hybridized carbons (Fsp3) is 0.0833. The Labute approximate surface area is 125 Å². The molecule has 17 heavy (non-hydrogen) atoms. The molecular weight excluding hydrogens is 291 g/mol. The molecule has 0 fully saturated rings. The molecular formula is C12H11N3OY-2. The van der Waals surface area contributed by atoms with Gasteiger partial charge in [0.2, 0.25) is 0 Å². The molecule has 2 rings (SSSR count). The van der Waals surface area contributed by atoms with E-state index in [4.69, 9.17) is 5.26 Å². The summed E-state index contributed by atoms with van der Waals surface area (Å²) in [5.74, 6) is 0. The van der Waals surface area contributed by atoms with Crippen molar-refractivity contribution in [1.29, 1.82) is 5.26 Å². The topological polar surface area (TPSA) is 58.7 Å². The van der Waals surface area contributed by atoms with Gasteiger partial charge in [0.15, 0.2) is 0 Å². The van der Waals surface area contributed by atoms with Crippen molar-refractivity contribution < 1.29 is 32.7 Å². The van der Waals surface area contributed by atoms with E-state index < -0.39 is 0 Å². The van der Waals surface area contributed by atoms with Gasteiger partial charge in [-0.3, -0.25) is 4.98 Å². The quantitative estimate of drug-likeness (QED) is 0.692. The van der Waals surface area contributed by atoms with E-state index in [1.165, 1.54) is 6.07 Å². The van der Waals surface area contributed by atoms with Gasteiger partial charge in [-0.05, 0) is 24.9 Å². The number of fused-ring (bicyclic) bond motifs is 1. The van der Waals surface area contributed by atoms with Crippen LogP contribution in [0.1, 0.15) is 5.69 Å². The Kier molecular flexibility index (Phi) is 6.56. The second-order valence-corrected chi connectivity index (χ2v) is 3.07. The average molecular weight is 302 g/mol. The molecule has 1 radical (unpaired) electrons. The minimum absolute atomic E-state index is 0. The minimum Gasteiger partial charge on any atom is -0.387 e. The summed E-state index contributed by atoms with van der Waals surface area (Å²) in [6.45, 7) is 6.38. The van der Waals surface area contributed by atoms with Gasteiger partial charge in [0.05, 0.1) is 11.0 Å². The Balaban J connectivity index is 0.000000583. The molecule has 0 aliphatic carbocycles. The number of para-hydroxylation sites is 2. The number of benzene rings is 1. The molecule has 0 amide bonds. The van der Waals surface area contributed by atoms with Crippen molar-refractivity contribution in [1.82, 2.24) is 9.55 Å². The minimum atomic E-state index is -0.140. The molecule has 1 aromatic carbocycles. The molecule has 2 aromatic rings. The maximum absolute atomic E-state index is 11.4. The van der Waals surface area contributed by atoms with Gasteiger partial charge in [0.25, 0.3) is 0 Å². The van der Waals surface area contributed by atoms with Crippen LogP contribution in [0.5, 0.6) is 0 Å². The van der Waals surface area contributed by atoms with Gasteiger partial charge in [-0.1, -0.05) is 12.1 Å². The Bertz CT molecular complexity index is 599. The number of hydrogen-bond donors (Lipinski definition) is 0. The fourth-order valence-electron chi connectivity index (χ4n) is 1.34. The van der Waals surface area contributed by atoms with Gasteiger partial charge in [-0.25, -0.2) is 12.2 Å². The standard InChI is InChI=1S/C10H9N2O.C2H2N.Y/c1-7-10(13)12(2)9-6-4-3-5-8(9)11-7;1-2-3;/h3-6H,1H2,2H3;1H2;/q2*-1;. The van der Waals surface area contributed by atoms with E-state index >= 15 is 0 Å². The van der Waals surface area contributed by atoms with E-state index in [9.17, 15) is 4.79 Å². The molecule has 0 spiro atoms. The summed E-state index contributed by atoms with van der Waals surface area (Å²) >= 11 is 0. The number of aromatic nitrogens is 2. The van der Waals surface area contributed by atoms with Crippen LogP contribution < -0.4 is 5.56 Å². The van der Waals surface area contributed by atoms with Crippen LogP contribution in [-0.2, 0) is 39.8 Å². The van der Waals surface area contributed by atoms with Crippen LogP contribution in [0.15, 0.2) is 29.1 Å². The summed E-state index contributed by atoms with van der Waals surface area (Å²) in [6, 6.07) is 9.00. The van der Waals surface area contributed by atoms with Gasteiger partial charge in [-0.2, -0.15) is 0 Å². The summed E-state index contributed by atoms with van der Waals surface area (Å²) in [6.07, 6.45) is 0. The fourth-order valence-corrected chi connectivity index (χ4v) is 1.34. The SMILES string of the molecule is [CH2-]C#N.[CH2-]c1nc2ccccc2n(C)c1=O.[Y].